The fourth-order valence-corrected chi connectivity index (χ4v) is 2.85. The zero-order valence-corrected chi connectivity index (χ0v) is 15.5. The molecule has 7 nitrogen and oxygen atoms in total. The Hall–Kier alpha value is -3.45. The average Bonchev–Trinajstić information content (AvgIpc) is 2.75. The van der Waals surface area contributed by atoms with Gasteiger partial charge in [0.1, 0.15) is 0 Å². The van der Waals surface area contributed by atoms with E-state index in [1.54, 1.807) is 0 Å². The number of benzene rings is 2. The Kier molecular flexibility index (Phi) is 5.44. The van der Waals surface area contributed by atoms with E-state index in [9.17, 15) is 0 Å². The number of nitrogen functional groups attached to an aromatic ring is 1. The highest BCUT2D eigenvalue weighted by Crippen LogP contribution is 2.19. The summed E-state index contributed by atoms with van der Waals surface area (Å²) < 4.78 is 5.44. The van der Waals surface area contributed by atoms with E-state index in [1.165, 1.54) is 0 Å². The van der Waals surface area contributed by atoms with E-state index in [4.69, 9.17) is 10.5 Å². The Bertz CT molecular complexity index is 937. The summed E-state index contributed by atoms with van der Waals surface area (Å²) in [6.45, 7) is 2.85. The van der Waals surface area contributed by atoms with Crippen LogP contribution in [0.2, 0.25) is 0 Å². The zero-order valence-electron chi connectivity index (χ0n) is 15.5. The third kappa shape index (κ3) is 4.63. The molecule has 1 aliphatic heterocycles. The van der Waals surface area contributed by atoms with Gasteiger partial charge in [0.2, 0.25) is 11.9 Å². The van der Waals surface area contributed by atoms with Gasteiger partial charge >= 0.3 is 0 Å². The minimum absolute atomic E-state index is 0.494. The van der Waals surface area contributed by atoms with E-state index in [0.717, 1.165) is 24.3 Å². The van der Waals surface area contributed by atoms with Gasteiger partial charge in [0.05, 0.1) is 13.2 Å². The van der Waals surface area contributed by atoms with Crippen LogP contribution in [-0.4, -0.2) is 41.3 Å². The van der Waals surface area contributed by atoms with Gasteiger partial charge in [-0.15, -0.1) is 0 Å². The third-order valence-electron chi connectivity index (χ3n) is 4.33. The molecule has 28 heavy (non-hydrogen) atoms. The molecule has 0 spiro atoms. The molecule has 1 aliphatic rings. The van der Waals surface area contributed by atoms with Gasteiger partial charge in [0.15, 0.2) is 5.82 Å². The van der Waals surface area contributed by atoms with Crippen molar-refractivity contribution < 1.29 is 4.74 Å². The standard InChI is InChI=1S/C21H22N6O/c22-17-7-9-18(10-8-17)23-20-24-19(11-6-16-4-2-1-3-5-16)25-21(26-20)27-12-14-28-15-13-27/h1-11H,12-15,22H2,(H,23,24,25,26)/b11-6+. The molecule has 2 aromatic carbocycles. The summed E-state index contributed by atoms with van der Waals surface area (Å²) in [6, 6.07) is 17.5. The zero-order chi connectivity index (χ0) is 19.2. The van der Waals surface area contributed by atoms with E-state index in [0.29, 0.717) is 36.6 Å². The highest BCUT2D eigenvalue weighted by atomic mass is 16.5. The van der Waals surface area contributed by atoms with Crippen molar-refractivity contribution in [2.24, 2.45) is 0 Å². The minimum atomic E-state index is 0.494. The first kappa shape index (κ1) is 17.9. The fourth-order valence-electron chi connectivity index (χ4n) is 2.85. The molecule has 1 aromatic heterocycles. The van der Waals surface area contributed by atoms with Gasteiger partial charge in [0.25, 0.3) is 0 Å². The lowest BCUT2D eigenvalue weighted by Gasteiger charge is -2.27. The molecular weight excluding hydrogens is 352 g/mol. The summed E-state index contributed by atoms with van der Waals surface area (Å²) in [7, 11) is 0. The summed E-state index contributed by atoms with van der Waals surface area (Å²) in [5, 5.41) is 3.24. The smallest absolute Gasteiger partial charge is 0.232 e. The molecule has 0 bridgehead atoms. The second kappa shape index (κ2) is 8.49. The summed E-state index contributed by atoms with van der Waals surface area (Å²) in [4.78, 5) is 15.9. The first-order chi connectivity index (χ1) is 13.8. The second-order valence-corrected chi connectivity index (χ2v) is 6.41. The van der Waals surface area contributed by atoms with Crippen molar-refractivity contribution in [1.82, 2.24) is 15.0 Å². The molecular formula is C21H22N6O. The van der Waals surface area contributed by atoms with Crippen LogP contribution in [0, 0.1) is 0 Å². The van der Waals surface area contributed by atoms with Crippen LogP contribution in [0.3, 0.4) is 0 Å². The molecule has 0 aliphatic carbocycles. The number of ether oxygens (including phenoxy) is 1. The second-order valence-electron chi connectivity index (χ2n) is 6.41. The van der Waals surface area contributed by atoms with Crippen LogP contribution < -0.4 is 16.0 Å². The Labute approximate surface area is 163 Å². The van der Waals surface area contributed by atoms with Gasteiger partial charge < -0.3 is 20.7 Å². The van der Waals surface area contributed by atoms with Crippen molar-refractivity contribution in [3.63, 3.8) is 0 Å². The lowest BCUT2D eigenvalue weighted by Crippen LogP contribution is -2.37. The molecule has 0 atom stereocenters. The molecule has 4 rings (SSSR count). The Balaban J connectivity index is 1.63. The number of nitrogens with one attached hydrogen (secondary N) is 1. The van der Waals surface area contributed by atoms with Crippen LogP contribution in [-0.2, 0) is 4.74 Å². The number of nitrogens with zero attached hydrogens (tertiary/aromatic N) is 4. The normalized spacial score (nSPS) is 14.4. The lowest BCUT2D eigenvalue weighted by atomic mass is 10.2. The van der Waals surface area contributed by atoms with Gasteiger partial charge in [0, 0.05) is 24.5 Å². The molecule has 0 amide bonds. The first-order valence-corrected chi connectivity index (χ1v) is 9.21. The van der Waals surface area contributed by atoms with E-state index >= 15 is 0 Å². The number of anilines is 4. The van der Waals surface area contributed by atoms with Crippen molar-refractivity contribution in [2.45, 2.75) is 0 Å². The monoisotopic (exact) mass is 374 g/mol. The van der Waals surface area contributed by atoms with Gasteiger partial charge in [-0.25, -0.2) is 0 Å². The number of hydrogen-bond acceptors (Lipinski definition) is 7. The Morgan fingerprint density at radius 2 is 1.64 bits per heavy atom. The number of rotatable bonds is 5. The predicted octanol–water partition coefficient (Wildman–Crippen LogP) is 3.20. The third-order valence-corrected chi connectivity index (χ3v) is 4.33. The highest BCUT2D eigenvalue weighted by Gasteiger charge is 2.16. The largest absolute Gasteiger partial charge is 0.399 e. The maximum atomic E-state index is 5.76. The number of aromatic nitrogens is 3. The van der Waals surface area contributed by atoms with E-state index in [2.05, 4.69) is 25.2 Å². The summed E-state index contributed by atoms with van der Waals surface area (Å²) in [6.07, 6.45) is 3.89. The lowest BCUT2D eigenvalue weighted by molar-refractivity contribution is 0.122. The van der Waals surface area contributed by atoms with E-state index < -0.39 is 0 Å². The minimum Gasteiger partial charge on any atom is -0.399 e. The van der Waals surface area contributed by atoms with Gasteiger partial charge in [-0.2, -0.15) is 15.0 Å². The molecule has 2 heterocycles. The van der Waals surface area contributed by atoms with Gasteiger partial charge in [-0.3, -0.25) is 0 Å². The quantitative estimate of drug-likeness (QED) is 0.663. The van der Waals surface area contributed by atoms with Gasteiger partial charge in [-0.1, -0.05) is 36.4 Å². The van der Waals surface area contributed by atoms with Crippen molar-refractivity contribution >= 4 is 35.4 Å². The molecule has 3 N–H and O–H groups in total. The number of nitrogens with two attached hydrogens (primary N) is 1. The average molecular weight is 374 g/mol. The summed E-state index contributed by atoms with van der Waals surface area (Å²) in [5.74, 6) is 1.73. The van der Waals surface area contributed by atoms with E-state index in [-0.39, 0.29) is 0 Å². The Morgan fingerprint density at radius 3 is 2.39 bits per heavy atom. The first-order valence-electron chi connectivity index (χ1n) is 9.21. The maximum Gasteiger partial charge on any atom is 0.232 e. The summed E-state index contributed by atoms with van der Waals surface area (Å²) >= 11 is 0. The number of morpholine rings is 1. The predicted molar refractivity (Wildman–Crippen MR) is 112 cm³/mol. The van der Waals surface area contributed by atoms with Crippen molar-refractivity contribution in [1.29, 1.82) is 0 Å². The molecule has 142 valence electrons. The Morgan fingerprint density at radius 1 is 0.893 bits per heavy atom. The van der Waals surface area contributed by atoms with Crippen molar-refractivity contribution in [3.8, 4) is 0 Å². The molecule has 0 saturated carbocycles. The van der Waals surface area contributed by atoms with Crippen LogP contribution in [0.1, 0.15) is 11.4 Å². The number of hydrogen-bond donors (Lipinski definition) is 2. The van der Waals surface area contributed by atoms with Crippen molar-refractivity contribution in [3.05, 3.63) is 66.0 Å². The molecule has 0 radical (unpaired) electrons. The van der Waals surface area contributed by atoms with Crippen LogP contribution in [0.15, 0.2) is 54.6 Å². The van der Waals surface area contributed by atoms with Crippen LogP contribution >= 0.6 is 0 Å². The van der Waals surface area contributed by atoms with Crippen LogP contribution in [0.5, 0.6) is 0 Å². The molecule has 0 unspecified atom stereocenters. The molecule has 3 aromatic rings. The SMILES string of the molecule is Nc1ccc(Nc2nc(/C=C/c3ccccc3)nc(N3CCOCC3)n2)cc1. The molecule has 1 saturated heterocycles. The van der Waals surface area contributed by atoms with Crippen molar-refractivity contribution in [2.75, 3.05) is 42.3 Å². The van der Waals surface area contributed by atoms with Gasteiger partial charge in [-0.05, 0) is 35.9 Å². The van der Waals surface area contributed by atoms with Crippen LogP contribution in [0.25, 0.3) is 12.2 Å². The molecule has 7 heteroatoms. The fraction of sp³-hybridized carbons (Fsp3) is 0.190. The summed E-state index contributed by atoms with van der Waals surface area (Å²) in [5.41, 5.74) is 8.43. The maximum absolute atomic E-state index is 5.76. The topological polar surface area (TPSA) is 89.2 Å². The van der Waals surface area contributed by atoms with E-state index in [1.807, 2.05) is 66.7 Å². The molecule has 1 fully saturated rings. The van der Waals surface area contributed by atoms with Crippen LogP contribution in [0.4, 0.5) is 23.3 Å². The highest BCUT2D eigenvalue weighted by molar-refractivity contribution is 5.68.